The lowest BCUT2D eigenvalue weighted by molar-refractivity contribution is 0.565. The molecule has 18 heavy (non-hydrogen) atoms. The number of fused-ring (bicyclic) bond motifs is 1. The number of aryl methyl sites for hydroxylation is 2. The summed E-state index contributed by atoms with van der Waals surface area (Å²) in [6.45, 7) is 5.43. The van der Waals surface area contributed by atoms with Crippen molar-refractivity contribution in [3.05, 3.63) is 70.3 Å². The quantitative estimate of drug-likeness (QED) is 0.800. The molecule has 0 saturated carbocycles. The Balaban J connectivity index is 2.11. The van der Waals surface area contributed by atoms with Crippen molar-refractivity contribution in [3.63, 3.8) is 0 Å². The SMILES string of the molecule is Cc1ccc(C)c(C2NCCc3ccccc32)c1. The van der Waals surface area contributed by atoms with Gasteiger partial charge in [-0.2, -0.15) is 0 Å². The molecule has 1 atom stereocenters. The van der Waals surface area contributed by atoms with Crippen LogP contribution in [-0.2, 0) is 6.42 Å². The van der Waals surface area contributed by atoms with Crippen LogP contribution in [0.1, 0.15) is 33.9 Å². The van der Waals surface area contributed by atoms with Crippen LogP contribution in [0.15, 0.2) is 42.5 Å². The zero-order valence-electron chi connectivity index (χ0n) is 11.0. The van der Waals surface area contributed by atoms with Crippen LogP contribution in [0, 0.1) is 13.8 Å². The normalized spacial score (nSPS) is 18.4. The third-order valence-electron chi connectivity index (χ3n) is 3.85. The van der Waals surface area contributed by atoms with Crippen molar-refractivity contribution in [2.45, 2.75) is 26.3 Å². The maximum Gasteiger partial charge on any atom is 0.0582 e. The van der Waals surface area contributed by atoms with Crippen LogP contribution in [0.4, 0.5) is 0 Å². The standard InChI is InChI=1S/C17H19N/c1-12-7-8-13(2)16(11-12)17-15-6-4-3-5-14(15)9-10-18-17/h3-8,11,17-18H,9-10H2,1-2H3. The van der Waals surface area contributed by atoms with Gasteiger partial charge in [0, 0.05) is 6.54 Å². The fraction of sp³-hybridized carbons (Fsp3) is 0.294. The van der Waals surface area contributed by atoms with Gasteiger partial charge in [-0.25, -0.2) is 0 Å². The average molecular weight is 237 g/mol. The zero-order chi connectivity index (χ0) is 12.5. The maximum absolute atomic E-state index is 3.66. The molecule has 2 aromatic rings. The van der Waals surface area contributed by atoms with Crippen molar-refractivity contribution in [1.82, 2.24) is 5.32 Å². The van der Waals surface area contributed by atoms with Crippen molar-refractivity contribution in [2.75, 3.05) is 6.54 Å². The fourth-order valence-corrected chi connectivity index (χ4v) is 2.85. The molecule has 0 aliphatic carbocycles. The molecule has 1 aliphatic rings. The lowest BCUT2D eigenvalue weighted by Gasteiger charge is -2.28. The molecule has 1 heteroatoms. The molecule has 0 spiro atoms. The smallest absolute Gasteiger partial charge is 0.0582 e. The van der Waals surface area contributed by atoms with E-state index in [-0.39, 0.29) is 0 Å². The average Bonchev–Trinajstić information content (AvgIpc) is 2.41. The van der Waals surface area contributed by atoms with E-state index in [1.165, 1.54) is 27.8 Å². The lowest BCUT2D eigenvalue weighted by Crippen LogP contribution is -2.31. The van der Waals surface area contributed by atoms with E-state index >= 15 is 0 Å². The maximum atomic E-state index is 3.66. The highest BCUT2D eigenvalue weighted by Gasteiger charge is 2.21. The summed E-state index contributed by atoms with van der Waals surface area (Å²) >= 11 is 0. The minimum absolute atomic E-state index is 0.356. The number of hydrogen-bond donors (Lipinski definition) is 1. The summed E-state index contributed by atoms with van der Waals surface area (Å²) in [6.07, 6.45) is 1.14. The highest BCUT2D eigenvalue weighted by molar-refractivity contribution is 5.43. The van der Waals surface area contributed by atoms with Gasteiger partial charge in [0.05, 0.1) is 6.04 Å². The number of benzene rings is 2. The van der Waals surface area contributed by atoms with Crippen molar-refractivity contribution in [2.24, 2.45) is 0 Å². The minimum Gasteiger partial charge on any atom is -0.306 e. The molecule has 0 saturated heterocycles. The van der Waals surface area contributed by atoms with Gasteiger partial charge in [-0.1, -0.05) is 48.0 Å². The van der Waals surface area contributed by atoms with Gasteiger partial charge in [0.1, 0.15) is 0 Å². The molecular weight excluding hydrogens is 218 g/mol. The van der Waals surface area contributed by atoms with Crippen LogP contribution >= 0.6 is 0 Å². The highest BCUT2D eigenvalue weighted by atomic mass is 14.9. The third kappa shape index (κ3) is 1.95. The minimum atomic E-state index is 0.356. The van der Waals surface area contributed by atoms with Crippen LogP contribution in [0.2, 0.25) is 0 Å². The van der Waals surface area contributed by atoms with E-state index in [0.29, 0.717) is 6.04 Å². The molecule has 3 rings (SSSR count). The number of hydrogen-bond acceptors (Lipinski definition) is 1. The van der Waals surface area contributed by atoms with Crippen molar-refractivity contribution in [3.8, 4) is 0 Å². The van der Waals surface area contributed by atoms with Gasteiger partial charge in [0.25, 0.3) is 0 Å². The Morgan fingerprint density at radius 3 is 2.72 bits per heavy atom. The van der Waals surface area contributed by atoms with Gasteiger partial charge in [-0.3, -0.25) is 0 Å². The molecule has 1 N–H and O–H groups in total. The topological polar surface area (TPSA) is 12.0 Å². The van der Waals surface area contributed by atoms with Crippen molar-refractivity contribution >= 4 is 0 Å². The Hall–Kier alpha value is -1.60. The molecule has 0 bridgehead atoms. The zero-order valence-corrected chi connectivity index (χ0v) is 11.0. The second kappa shape index (κ2) is 4.58. The molecule has 92 valence electrons. The summed E-state index contributed by atoms with van der Waals surface area (Å²) in [5.74, 6) is 0. The Morgan fingerprint density at radius 2 is 1.83 bits per heavy atom. The van der Waals surface area contributed by atoms with Crippen LogP contribution in [0.25, 0.3) is 0 Å². The van der Waals surface area contributed by atoms with E-state index in [0.717, 1.165) is 13.0 Å². The lowest BCUT2D eigenvalue weighted by atomic mass is 9.87. The second-order valence-electron chi connectivity index (χ2n) is 5.20. The van der Waals surface area contributed by atoms with Gasteiger partial charge in [-0.05, 0) is 42.5 Å². The monoisotopic (exact) mass is 237 g/mol. The molecule has 0 amide bonds. The van der Waals surface area contributed by atoms with E-state index in [1.54, 1.807) is 0 Å². The van der Waals surface area contributed by atoms with E-state index < -0.39 is 0 Å². The van der Waals surface area contributed by atoms with Gasteiger partial charge in [0.15, 0.2) is 0 Å². The van der Waals surface area contributed by atoms with Gasteiger partial charge >= 0.3 is 0 Å². The first-order valence-electron chi connectivity index (χ1n) is 6.64. The molecule has 1 nitrogen and oxygen atoms in total. The Morgan fingerprint density at radius 1 is 1.00 bits per heavy atom. The second-order valence-corrected chi connectivity index (χ2v) is 5.20. The first-order chi connectivity index (χ1) is 8.75. The first-order valence-corrected chi connectivity index (χ1v) is 6.64. The van der Waals surface area contributed by atoms with E-state index in [2.05, 4.69) is 61.6 Å². The van der Waals surface area contributed by atoms with Gasteiger partial charge in [-0.15, -0.1) is 0 Å². The summed E-state index contributed by atoms with van der Waals surface area (Å²) in [7, 11) is 0. The summed E-state index contributed by atoms with van der Waals surface area (Å²) in [5, 5.41) is 3.66. The molecule has 1 aliphatic heterocycles. The van der Waals surface area contributed by atoms with Crippen LogP contribution in [0.3, 0.4) is 0 Å². The van der Waals surface area contributed by atoms with E-state index in [1.807, 2.05) is 0 Å². The highest BCUT2D eigenvalue weighted by Crippen LogP contribution is 2.30. The molecule has 1 unspecified atom stereocenters. The van der Waals surface area contributed by atoms with Crippen LogP contribution in [-0.4, -0.2) is 6.54 Å². The Labute approximate surface area is 109 Å². The first kappa shape index (κ1) is 11.5. The summed E-state index contributed by atoms with van der Waals surface area (Å²) in [6, 6.07) is 15.9. The van der Waals surface area contributed by atoms with Crippen molar-refractivity contribution < 1.29 is 0 Å². The molecule has 1 heterocycles. The number of nitrogens with one attached hydrogen (secondary N) is 1. The molecule has 2 aromatic carbocycles. The predicted octanol–water partition coefficient (Wildman–Crippen LogP) is 3.54. The Bertz CT molecular complexity index is 572. The van der Waals surface area contributed by atoms with Gasteiger partial charge < -0.3 is 5.32 Å². The van der Waals surface area contributed by atoms with E-state index in [9.17, 15) is 0 Å². The largest absolute Gasteiger partial charge is 0.306 e. The van der Waals surface area contributed by atoms with Gasteiger partial charge in [0.2, 0.25) is 0 Å². The summed E-state index contributed by atoms with van der Waals surface area (Å²) in [4.78, 5) is 0. The predicted molar refractivity (Wildman–Crippen MR) is 75.9 cm³/mol. The third-order valence-corrected chi connectivity index (χ3v) is 3.85. The number of rotatable bonds is 1. The van der Waals surface area contributed by atoms with E-state index in [4.69, 9.17) is 0 Å². The van der Waals surface area contributed by atoms with Crippen LogP contribution in [0.5, 0.6) is 0 Å². The molecular formula is C17H19N. The Kier molecular flexibility index (Phi) is 2.92. The summed E-state index contributed by atoms with van der Waals surface area (Å²) < 4.78 is 0. The van der Waals surface area contributed by atoms with Crippen molar-refractivity contribution in [1.29, 1.82) is 0 Å². The molecule has 0 fully saturated rings. The molecule has 0 aromatic heterocycles. The van der Waals surface area contributed by atoms with Crippen LogP contribution < -0.4 is 5.32 Å². The summed E-state index contributed by atoms with van der Waals surface area (Å²) in [5.41, 5.74) is 7.05. The fourth-order valence-electron chi connectivity index (χ4n) is 2.85. The molecule has 0 radical (unpaired) electrons.